The van der Waals surface area contributed by atoms with Crippen molar-refractivity contribution in [1.82, 2.24) is 5.32 Å². The van der Waals surface area contributed by atoms with Crippen LogP contribution in [0.15, 0.2) is 24.3 Å². The number of ether oxygens (including phenoxy) is 2. The van der Waals surface area contributed by atoms with Crippen molar-refractivity contribution >= 4 is 11.8 Å². The lowest BCUT2D eigenvalue weighted by Crippen LogP contribution is -2.35. The molecule has 1 aromatic carbocycles. The van der Waals surface area contributed by atoms with Gasteiger partial charge < -0.3 is 19.9 Å². The molecule has 0 aliphatic heterocycles. The monoisotopic (exact) mass is 297 g/mol. The molecule has 0 bridgehead atoms. The molecule has 1 aromatic rings. The summed E-state index contributed by atoms with van der Waals surface area (Å²) >= 11 is 1.92. The second kappa shape index (κ2) is 7.20. The van der Waals surface area contributed by atoms with E-state index in [0.717, 1.165) is 18.0 Å². The Labute approximate surface area is 124 Å². The summed E-state index contributed by atoms with van der Waals surface area (Å²) < 4.78 is 11.0. The van der Waals surface area contributed by atoms with Gasteiger partial charge in [-0.25, -0.2) is 0 Å². The zero-order valence-electron chi connectivity index (χ0n) is 12.1. The Morgan fingerprint density at radius 2 is 1.95 bits per heavy atom. The predicted octanol–water partition coefficient (Wildman–Crippen LogP) is 1.92. The molecular weight excluding hydrogens is 274 g/mol. The number of rotatable bonds is 9. The van der Waals surface area contributed by atoms with Crippen molar-refractivity contribution < 1.29 is 14.6 Å². The van der Waals surface area contributed by atoms with Gasteiger partial charge in [-0.05, 0) is 43.4 Å². The van der Waals surface area contributed by atoms with Crippen LogP contribution in [-0.4, -0.2) is 49.0 Å². The molecule has 1 atom stereocenters. The fourth-order valence-corrected chi connectivity index (χ4v) is 2.74. The summed E-state index contributed by atoms with van der Waals surface area (Å²) in [6.45, 7) is 1.83. The molecule has 1 unspecified atom stereocenters. The molecule has 4 nitrogen and oxygen atoms in total. The zero-order chi connectivity index (χ0) is 14.4. The van der Waals surface area contributed by atoms with Gasteiger partial charge in [0.1, 0.15) is 24.2 Å². The first-order valence-corrected chi connectivity index (χ1v) is 8.11. The number of nitrogens with one attached hydrogen (secondary N) is 1. The van der Waals surface area contributed by atoms with Crippen molar-refractivity contribution in [3.05, 3.63) is 24.3 Å². The predicted molar refractivity (Wildman–Crippen MR) is 82.8 cm³/mol. The van der Waals surface area contributed by atoms with Gasteiger partial charge in [0, 0.05) is 17.8 Å². The van der Waals surface area contributed by atoms with Crippen molar-refractivity contribution in [1.29, 1.82) is 0 Å². The Balaban J connectivity index is 1.62. The Kier molecular flexibility index (Phi) is 5.57. The zero-order valence-corrected chi connectivity index (χ0v) is 12.9. The van der Waals surface area contributed by atoms with E-state index in [-0.39, 0.29) is 0 Å². The van der Waals surface area contributed by atoms with Crippen LogP contribution in [0.1, 0.15) is 12.8 Å². The third-order valence-electron chi connectivity index (χ3n) is 3.57. The summed E-state index contributed by atoms with van der Waals surface area (Å²) in [5.74, 6) is 1.54. The van der Waals surface area contributed by atoms with Gasteiger partial charge in [0.15, 0.2) is 0 Å². The average Bonchev–Trinajstić information content (AvgIpc) is 3.26. The Morgan fingerprint density at radius 3 is 2.50 bits per heavy atom. The normalized spacial score (nSPS) is 17.6. The quantitative estimate of drug-likeness (QED) is 0.729. The Bertz CT molecular complexity index is 406. The van der Waals surface area contributed by atoms with Crippen LogP contribution in [0.25, 0.3) is 0 Å². The standard InChI is InChI=1S/C15H23NO3S/c1-18-13-3-5-14(6-4-13)19-10-12(17)9-16-11-15(20-2)7-8-15/h3-6,12,16-17H,7-11H2,1-2H3. The summed E-state index contributed by atoms with van der Waals surface area (Å²) in [7, 11) is 1.63. The first-order valence-electron chi connectivity index (χ1n) is 6.88. The SMILES string of the molecule is COc1ccc(OCC(O)CNCC2(SC)CC2)cc1. The first-order chi connectivity index (χ1) is 9.67. The molecule has 0 heterocycles. The smallest absolute Gasteiger partial charge is 0.119 e. The number of benzene rings is 1. The number of hydrogen-bond acceptors (Lipinski definition) is 5. The number of hydrogen-bond donors (Lipinski definition) is 2. The van der Waals surface area contributed by atoms with E-state index < -0.39 is 6.10 Å². The third-order valence-corrected chi connectivity index (χ3v) is 4.99. The highest BCUT2D eigenvalue weighted by atomic mass is 32.2. The minimum atomic E-state index is -0.491. The van der Waals surface area contributed by atoms with Gasteiger partial charge in [-0.3, -0.25) is 0 Å². The lowest BCUT2D eigenvalue weighted by molar-refractivity contribution is 0.106. The molecule has 0 aromatic heterocycles. The van der Waals surface area contributed by atoms with E-state index in [1.54, 1.807) is 7.11 Å². The van der Waals surface area contributed by atoms with Gasteiger partial charge in [0.2, 0.25) is 0 Å². The molecule has 2 N–H and O–H groups in total. The van der Waals surface area contributed by atoms with Gasteiger partial charge in [-0.15, -0.1) is 0 Å². The summed E-state index contributed by atoms with van der Waals surface area (Å²) in [4.78, 5) is 0. The second-order valence-corrected chi connectivity index (χ2v) is 6.43. The molecule has 1 aliphatic carbocycles. The maximum atomic E-state index is 9.88. The van der Waals surface area contributed by atoms with E-state index in [4.69, 9.17) is 9.47 Å². The topological polar surface area (TPSA) is 50.7 Å². The molecule has 5 heteroatoms. The van der Waals surface area contributed by atoms with Crippen LogP contribution in [0.5, 0.6) is 11.5 Å². The fraction of sp³-hybridized carbons (Fsp3) is 0.600. The van der Waals surface area contributed by atoms with E-state index in [2.05, 4.69) is 11.6 Å². The molecular formula is C15H23NO3S. The Hall–Kier alpha value is -0.910. The summed E-state index contributed by atoms with van der Waals surface area (Å²) in [6, 6.07) is 7.36. The largest absolute Gasteiger partial charge is 0.497 e. The van der Waals surface area contributed by atoms with E-state index in [9.17, 15) is 5.11 Å². The van der Waals surface area contributed by atoms with Crippen LogP contribution >= 0.6 is 11.8 Å². The highest BCUT2D eigenvalue weighted by molar-refractivity contribution is 8.00. The molecule has 1 aliphatic rings. The summed E-state index contributed by atoms with van der Waals surface area (Å²) in [5.41, 5.74) is 0. The first kappa shape index (κ1) is 15.5. The lowest BCUT2D eigenvalue weighted by atomic mass is 10.3. The van der Waals surface area contributed by atoms with E-state index in [0.29, 0.717) is 17.9 Å². The maximum absolute atomic E-state index is 9.88. The van der Waals surface area contributed by atoms with Crippen molar-refractivity contribution in [2.45, 2.75) is 23.7 Å². The van der Waals surface area contributed by atoms with Crippen molar-refractivity contribution in [3.63, 3.8) is 0 Å². The number of methoxy groups -OCH3 is 1. The average molecular weight is 297 g/mol. The van der Waals surface area contributed by atoms with E-state index >= 15 is 0 Å². The van der Waals surface area contributed by atoms with Gasteiger partial charge >= 0.3 is 0 Å². The Morgan fingerprint density at radius 1 is 1.30 bits per heavy atom. The van der Waals surface area contributed by atoms with Gasteiger partial charge in [-0.2, -0.15) is 11.8 Å². The molecule has 1 fully saturated rings. The van der Waals surface area contributed by atoms with Crippen LogP contribution in [0.3, 0.4) is 0 Å². The van der Waals surface area contributed by atoms with E-state index in [1.165, 1.54) is 12.8 Å². The molecule has 0 spiro atoms. The van der Waals surface area contributed by atoms with Gasteiger partial charge in [0.25, 0.3) is 0 Å². The van der Waals surface area contributed by atoms with Crippen molar-refractivity contribution in [2.75, 3.05) is 33.1 Å². The minimum absolute atomic E-state index is 0.297. The summed E-state index contributed by atoms with van der Waals surface area (Å²) in [6.07, 6.45) is 4.21. The summed E-state index contributed by atoms with van der Waals surface area (Å²) in [5, 5.41) is 13.2. The van der Waals surface area contributed by atoms with Gasteiger partial charge in [0.05, 0.1) is 7.11 Å². The molecule has 0 radical (unpaired) electrons. The molecule has 112 valence electrons. The van der Waals surface area contributed by atoms with Crippen molar-refractivity contribution in [3.8, 4) is 11.5 Å². The second-order valence-electron chi connectivity index (χ2n) is 5.16. The lowest BCUT2D eigenvalue weighted by Gasteiger charge is -2.16. The number of aliphatic hydroxyl groups excluding tert-OH is 1. The molecule has 0 amide bonds. The van der Waals surface area contributed by atoms with Crippen LogP contribution in [-0.2, 0) is 0 Å². The number of aliphatic hydroxyl groups is 1. The highest BCUT2D eigenvalue weighted by Gasteiger charge is 2.41. The van der Waals surface area contributed by atoms with Crippen LogP contribution < -0.4 is 14.8 Å². The van der Waals surface area contributed by atoms with Crippen LogP contribution in [0.4, 0.5) is 0 Å². The molecule has 2 rings (SSSR count). The number of thioether (sulfide) groups is 1. The third kappa shape index (κ3) is 4.58. The van der Waals surface area contributed by atoms with Gasteiger partial charge in [-0.1, -0.05) is 0 Å². The van der Waals surface area contributed by atoms with Crippen LogP contribution in [0, 0.1) is 0 Å². The molecule has 20 heavy (non-hydrogen) atoms. The molecule has 1 saturated carbocycles. The molecule has 0 saturated heterocycles. The minimum Gasteiger partial charge on any atom is -0.497 e. The van der Waals surface area contributed by atoms with Crippen LogP contribution in [0.2, 0.25) is 0 Å². The highest BCUT2D eigenvalue weighted by Crippen LogP contribution is 2.46. The fourth-order valence-electron chi connectivity index (χ4n) is 1.98. The van der Waals surface area contributed by atoms with E-state index in [1.807, 2.05) is 36.0 Å². The van der Waals surface area contributed by atoms with Crippen molar-refractivity contribution in [2.24, 2.45) is 0 Å². The maximum Gasteiger partial charge on any atom is 0.119 e.